The highest BCUT2D eigenvalue weighted by molar-refractivity contribution is 7.10. The van der Waals surface area contributed by atoms with Gasteiger partial charge in [-0.15, -0.1) is 0 Å². The van der Waals surface area contributed by atoms with Crippen LogP contribution in [0.25, 0.3) is 0 Å². The first-order valence-electron chi connectivity index (χ1n) is 6.00. The van der Waals surface area contributed by atoms with Gasteiger partial charge in [-0.05, 0) is 43.1 Å². The summed E-state index contributed by atoms with van der Waals surface area (Å²) in [5, 5.41) is 13.0. The van der Waals surface area contributed by atoms with E-state index in [-0.39, 0.29) is 0 Å². The smallest absolute Gasteiger partial charge is 0.127 e. The Kier molecular flexibility index (Phi) is 4.37. The summed E-state index contributed by atoms with van der Waals surface area (Å²) in [7, 11) is 0. The first kappa shape index (κ1) is 13.4. The number of aromatic nitrogens is 1. The summed E-state index contributed by atoms with van der Waals surface area (Å²) in [5.74, 6) is 0.864. The molecule has 0 aliphatic rings. The van der Waals surface area contributed by atoms with Crippen molar-refractivity contribution in [3.8, 4) is 11.8 Å². The molecule has 19 heavy (non-hydrogen) atoms. The molecule has 98 valence electrons. The molecule has 0 radical (unpaired) electrons. The van der Waals surface area contributed by atoms with Crippen molar-refractivity contribution < 1.29 is 4.74 Å². The summed E-state index contributed by atoms with van der Waals surface area (Å²) in [4.78, 5) is 0. The molecule has 0 saturated heterocycles. The van der Waals surface area contributed by atoms with Gasteiger partial charge in [0, 0.05) is 6.54 Å². The van der Waals surface area contributed by atoms with Crippen molar-refractivity contribution >= 4 is 16.5 Å². The zero-order valence-corrected chi connectivity index (χ0v) is 11.8. The molecule has 0 amide bonds. The molecular formula is C14H15N3OS. The second kappa shape index (κ2) is 6.21. The molecule has 0 saturated carbocycles. The highest BCUT2D eigenvalue weighted by atomic mass is 32.1. The Morgan fingerprint density at radius 3 is 3.00 bits per heavy atom. The lowest BCUT2D eigenvalue weighted by Crippen LogP contribution is -2.11. The highest BCUT2D eigenvalue weighted by Gasteiger charge is 2.08. The van der Waals surface area contributed by atoms with Gasteiger partial charge in [0.2, 0.25) is 0 Å². The van der Waals surface area contributed by atoms with Gasteiger partial charge in [0.05, 0.1) is 5.69 Å². The molecule has 0 unspecified atom stereocenters. The average Bonchev–Trinajstić information content (AvgIpc) is 2.75. The summed E-state index contributed by atoms with van der Waals surface area (Å²) >= 11 is 1.31. The summed E-state index contributed by atoms with van der Waals surface area (Å²) in [6, 6.07) is 10.1. The lowest BCUT2D eigenvalue weighted by molar-refractivity contribution is 0.333. The van der Waals surface area contributed by atoms with Crippen molar-refractivity contribution in [1.29, 1.82) is 5.26 Å². The fourth-order valence-corrected chi connectivity index (χ4v) is 2.43. The van der Waals surface area contributed by atoms with Gasteiger partial charge in [0.1, 0.15) is 29.0 Å². The monoisotopic (exact) mass is 273 g/mol. The Morgan fingerprint density at radius 1 is 1.42 bits per heavy atom. The second-order valence-electron chi connectivity index (χ2n) is 4.18. The standard InChI is InChI=1S/C14H15N3OS/c1-10-4-3-5-12(8-10)18-7-6-16-14-13(9-15)11(2)17-19-14/h3-5,8,16H,6-7H2,1-2H3. The second-order valence-corrected chi connectivity index (χ2v) is 4.95. The van der Waals surface area contributed by atoms with Gasteiger partial charge < -0.3 is 10.1 Å². The molecule has 1 heterocycles. The minimum atomic E-state index is 0.547. The number of hydrogen-bond acceptors (Lipinski definition) is 5. The molecule has 2 aromatic rings. The van der Waals surface area contributed by atoms with Crippen LogP contribution in [0.15, 0.2) is 24.3 Å². The zero-order chi connectivity index (χ0) is 13.7. The molecule has 0 aliphatic carbocycles. The van der Waals surface area contributed by atoms with E-state index < -0.39 is 0 Å². The molecular weight excluding hydrogens is 258 g/mol. The van der Waals surface area contributed by atoms with Crippen LogP contribution >= 0.6 is 11.5 Å². The largest absolute Gasteiger partial charge is 0.492 e. The topological polar surface area (TPSA) is 57.9 Å². The van der Waals surface area contributed by atoms with Crippen molar-refractivity contribution in [2.45, 2.75) is 13.8 Å². The van der Waals surface area contributed by atoms with E-state index in [0.29, 0.717) is 18.7 Å². The molecule has 5 heteroatoms. The maximum absolute atomic E-state index is 9.00. The van der Waals surface area contributed by atoms with Gasteiger partial charge in [0.15, 0.2) is 0 Å². The number of aryl methyl sites for hydroxylation is 2. The Morgan fingerprint density at radius 2 is 2.26 bits per heavy atom. The third-order valence-corrected chi connectivity index (χ3v) is 3.52. The molecule has 4 nitrogen and oxygen atoms in total. The van der Waals surface area contributed by atoms with Crippen LogP contribution in [-0.4, -0.2) is 17.5 Å². The minimum Gasteiger partial charge on any atom is -0.492 e. The Labute approximate surface area is 116 Å². The predicted octanol–water partition coefficient (Wildman–Crippen LogP) is 3.12. The van der Waals surface area contributed by atoms with E-state index in [2.05, 4.69) is 15.8 Å². The molecule has 0 bridgehead atoms. The van der Waals surface area contributed by atoms with Crippen molar-refractivity contribution in [3.05, 3.63) is 41.1 Å². The number of nitriles is 1. The number of benzene rings is 1. The van der Waals surface area contributed by atoms with Gasteiger partial charge in [-0.1, -0.05) is 12.1 Å². The van der Waals surface area contributed by atoms with Gasteiger partial charge in [-0.3, -0.25) is 0 Å². The van der Waals surface area contributed by atoms with Gasteiger partial charge >= 0.3 is 0 Å². The van der Waals surface area contributed by atoms with Crippen LogP contribution in [0.5, 0.6) is 5.75 Å². The average molecular weight is 273 g/mol. The Balaban J connectivity index is 1.83. The number of nitrogens with one attached hydrogen (secondary N) is 1. The van der Waals surface area contributed by atoms with E-state index in [1.54, 1.807) is 0 Å². The summed E-state index contributed by atoms with van der Waals surface area (Å²) in [5.41, 5.74) is 2.57. The van der Waals surface area contributed by atoms with Crippen LogP contribution in [0.3, 0.4) is 0 Å². The van der Waals surface area contributed by atoms with Crippen LogP contribution in [-0.2, 0) is 0 Å². The fraction of sp³-hybridized carbons (Fsp3) is 0.286. The first-order chi connectivity index (χ1) is 9.20. The first-order valence-corrected chi connectivity index (χ1v) is 6.78. The third-order valence-electron chi connectivity index (χ3n) is 2.62. The van der Waals surface area contributed by atoms with E-state index in [0.717, 1.165) is 16.4 Å². The number of hydrogen-bond donors (Lipinski definition) is 1. The van der Waals surface area contributed by atoms with E-state index in [9.17, 15) is 0 Å². The van der Waals surface area contributed by atoms with Gasteiger partial charge in [-0.25, -0.2) is 0 Å². The fourth-order valence-electron chi connectivity index (χ4n) is 1.66. The van der Waals surface area contributed by atoms with E-state index in [4.69, 9.17) is 10.00 Å². The van der Waals surface area contributed by atoms with E-state index >= 15 is 0 Å². The third kappa shape index (κ3) is 3.46. The maximum Gasteiger partial charge on any atom is 0.127 e. The van der Waals surface area contributed by atoms with Crippen LogP contribution in [0.4, 0.5) is 5.00 Å². The zero-order valence-electron chi connectivity index (χ0n) is 10.9. The molecule has 0 aliphatic heterocycles. The van der Waals surface area contributed by atoms with Crippen molar-refractivity contribution in [3.63, 3.8) is 0 Å². The molecule has 1 aromatic carbocycles. The maximum atomic E-state index is 9.00. The van der Waals surface area contributed by atoms with E-state index in [1.807, 2.05) is 38.1 Å². The lowest BCUT2D eigenvalue weighted by Gasteiger charge is -2.07. The molecule has 0 atom stereocenters. The number of anilines is 1. The van der Waals surface area contributed by atoms with E-state index in [1.165, 1.54) is 17.1 Å². The number of rotatable bonds is 5. The van der Waals surface area contributed by atoms with Crippen molar-refractivity contribution in [1.82, 2.24) is 4.37 Å². The Bertz CT molecular complexity index is 601. The van der Waals surface area contributed by atoms with Gasteiger partial charge in [0.25, 0.3) is 0 Å². The van der Waals surface area contributed by atoms with Crippen LogP contribution in [0.2, 0.25) is 0 Å². The minimum absolute atomic E-state index is 0.547. The number of ether oxygens (including phenoxy) is 1. The van der Waals surface area contributed by atoms with Crippen LogP contribution < -0.4 is 10.1 Å². The SMILES string of the molecule is Cc1cccc(OCCNc2snc(C)c2C#N)c1. The molecule has 1 N–H and O–H groups in total. The molecule has 0 fully saturated rings. The molecule has 2 rings (SSSR count). The molecule has 1 aromatic heterocycles. The van der Waals surface area contributed by atoms with Crippen molar-refractivity contribution in [2.75, 3.05) is 18.5 Å². The normalized spacial score (nSPS) is 9.95. The summed E-state index contributed by atoms with van der Waals surface area (Å²) in [6.07, 6.45) is 0. The summed E-state index contributed by atoms with van der Waals surface area (Å²) < 4.78 is 9.78. The van der Waals surface area contributed by atoms with Gasteiger partial charge in [-0.2, -0.15) is 9.64 Å². The Hall–Kier alpha value is -2.06. The van der Waals surface area contributed by atoms with Crippen LogP contribution in [0, 0.1) is 25.2 Å². The summed E-state index contributed by atoms with van der Waals surface area (Å²) in [6.45, 7) is 5.06. The number of nitrogens with zero attached hydrogens (tertiary/aromatic N) is 2. The quantitative estimate of drug-likeness (QED) is 0.850. The van der Waals surface area contributed by atoms with Crippen LogP contribution in [0.1, 0.15) is 16.8 Å². The highest BCUT2D eigenvalue weighted by Crippen LogP contribution is 2.22. The predicted molar refractivity (Wildman–Crippen MR) is 76.7 cm³/mol. The molecule has 0 spiro atoms. The van der Waals surface area contributed by atoms with Crippen molar-refractivity contribution in [2.24, 2.45) is 0 Å². The lowest BCUT2D eigenvalue weighted by atomic mass is 10.2.